The Morgan fingerprint density at radius 1 is 1.42 bits per heavy atom. The van der Waals surface area contributed by atoms with Crippen molar-refractivity contribution >= 4 is 5.91 Å². The summed E-state index contributed by atoms with van der Waals surface area (Å²) < 4.78 is 22.8. The number of amides is 1. The number of aromatic nitrogens is 1. The van der Waals surface area contributed by atoms with Crippen molar-refractivity contribution in [3.63, 3.8) is 0 Å². The van der Waals surface area contributed by atoms with Gasteiger partial charge in [0.2, 0.25) is 0 Å². The molecule has 0 aliphatic rings. The first-order valence-electron chi connectivity index (χ1n) is 5.69. The maximum Gasteiger partial charge on any atom is 0.258 e. The van der Waals surface area contributed by atoms with Gasteiger partial charge in [0, 0.05) is 6.92 Å². The predicted molar refractivity (Wildman–Crippen MR) is 65.0 cm³/mol. The molecule has 0 fully saturated rings. The van der Waals surface area contributed by atoms with Crippen molar-refractivity contribution in [1.29, 1.82) is 0 Å². The fourth-order valence-electron chi connectivity index (χ4n) is 1.41. The van der Waals surface area contributed by atoms with Crippen LogP contribution in [0.2, 0.25) is 0 Å². The van der Waals surface area contributed by atoms with E-state index in [0.717, 1.165) is 0 Å². The number of carbonyl (C=O) groups is 1. The number of benzene rings is 1. The van der Waals surface area contributed by atoms with Gasteiger partial charge in [-0.1, -0.05) is 0 Å². The number of carbonyl (C=O) groups excluding carboxylic acids is 1. The molecule has 0 aliphatic carbocycles. The van der Waals surface area contributed by atoms with Crippen LogP contribution in [-0.4, -0.2) is 17.5 Å². The highest BCUT2D eigenvalue weighted by Crippen LogP contribution is 2.10. The highest BCUT2D eigenvalue weighted by molar-refractivity contribution is 5.77. The average molecular weight is 264 g/mol. The van der Waals surface area contributed by atoms with Crippen molar-refractivity contribution in [2.45, 2.75) is 13.5 Å². The first kappa shape index (κ1) is 13.1. The highest BCUT2D eigenvalue weighted by atomic mass is 19.1. The number of aryl methyl sites for hydroxylation is 1. The molecule has 0 unspecified atom stereocenters. The fraction of sp³-hybridized carbons (Fsp3) is 0.231. The molecule has 1 heterocycles. The second-order valence-electron chi connectivity index (χ2n) is 3.88. The topological polar surface area (TPSA) is 64.4 Å². The van der Waals surface area contributed by atoms with Crippen LogP contribution in [0, 0.1) is 12.7 Å². The minimum Gasteiger partial charge on any atom is -0.484 e. The molecule has 5 nitrogen and oxygen atoms in total. The fourth-order valence-corrected chi connectivity index (χ4v) is 1.41. The van der Waals surface area contributed by atoms with Crippen LogP contribution in [0.25, 0.3) is 0 Å². The molecule has 2 aromatic rings. The smallest absolute Gasteiger partial charge is 0.258 e. The number of nitrogens with one attached hydrogen (secondary N) is 1. The zero-order valence-electron chi connectivity index (χ0n) is 10.4. The molecule has 0 saturated carbocycles. The zero-order chi connectivity index (χ0) is 13.7. The van der Waals surface area contributed by atoms with E-state index < -0.39 is 0 Å². The maximum absolute atomic E-state index is 12.6. The molecule has 0 spiro atoms. The van der Waals surface area contributed by atoms with E-state index >= 15 is 0 Å². The molecule has 1 aromatic heterocycles. The van der Waals surface area contributed by atoms with Crippen molar-refractivity contribution in [1.82, 2.24) is 10.3 Å². The quantitative estimate of drug-likeness (QED) is 0.894. The van der Waals surface area contributed by atoms with E-state index in [-0.39, 0.29) is 24.9 Å². The molecular formula is C13H13FN2O3. The Labute approximate surface area is 109 Å². The summed E-state index contributed by atoms with van der Waals surface area (Å²) in [5.74, 6) is 0.351. The molecule has 1 N–H and O–H groups in total. The van der Waals surface area contributed by atoms with E-state index in [9.17, 15) is 9.18 Å². The zero-order valence-corrected chi connectivity index (χ0v) is 10.4. The maximum atomic E-state index is 12.6. The van der Waals surface area contributed by atoms with Crippen molar-refractivity contribution in [2.75, 3.05) is 6.61 Å². The number of hydrogen-bond donors (Lipinski definition) is 1. The van der Waals surface area contributed by atoms with E-state index in [4.69, 9.17) is 9.15 Å². The van der Waals surface area contributed by atoms with Crippen LogP contribution in [0.5, 0.6) is 5.75 Å². The largest absolute Gasteiger partial charge is 0.484 e. The average Bonchev–Trinajstić information content (AvgIpc) is 2.81. The summed E-state index contributed by atoms with van der Waals surface area (Å²) >= 11 is 0. The Morgan fingerprint density at radius 3 is 2.79 bits per heavy atom. The molecule has 0 saturated heterocycles. The molecule has 0 bridgehead atoms. The van der Waals surface area contributed by atoms with Gasteiger partial charge in [0.1, 0.15) is 17.8 Å². The monoisotopic (exact) mass is 264 g/mol. The van der Waals surface area contributed by atoms with Crippen LogP contribution >= 0.6 is 0 Å². The Balaban J connectivity index is 1.74. The second-order valence-corrected chi connectivity index (χ2v) is 3.88. The molecule has 0 aliphatic heterocycles. The standard InChI is InChI=1S/C13H13FN2O3/c1-9-16-11(7-18-9)6-15-13(17)8-19-12-4-2-10(14)3-5-12/h2-5,7H,6,8H2,1H3,(H,15,17). The molecule has 0 radical (unpaired) electrons. The third-order valence-corrected chi connectivity index (χ3v) is 2.32. The lowest BCUT2D eigenvalue weighted by molar-refractivity contribution is -0.123. The third-order valence-electron chi connectivity index (χ3n) is 2.32. The minimum absolute atomic E-state index is 0.136. The molecule has 19 heavy (non-hydrogen) atoms. The number of rotatable bonds is 5. The summed E-state index contributed by atoms with van der Waals surface area (Å²) in [7, 11) is 0. The first-order chi connectivity index (χ1) is 9.13. The second kappa shape index (κ2) is 5.99. The van der Waals surface area contributed by atoms with Crippen LogP contribution in [0.3, 0.4) is 0 Å². The van der Waals surface area contributed by atoms with Crippen molar-refractivity contribution < 1.29 is 18.3 Å². The Hall–Kier alpha value is -2.37. The van der Waals surface area contributed by atoms with Crippen LogP contribution < -0.4 is 10.1 Å². The SMILES string of the molecule is Cc1nc(CNC(=O)COc2ccc(F)cc2)co1. The summed E-state index contributed by atoms with van der Waals surface area (Å²) in [4.78, 5) is 15.5. The Morgan fingerprint density at radius 2 is 2.16 bits per heavy atom. The normalized spacial score (nSPS) is 10.2. The van der Waals surface area contributed by atoms with E-state index in [1.54, 1.807) is 6.92 Å². The minimum atomic E-state index is -0.349. The third kappa shape index (κ3) is 4.09. The number of halogens is 1. The number of nitrogens with zero attached hydrogens (tertiary/aromatic N) is 1. The van der Waals surface area contributed by atoms with Gasteiger partial charge in [-0.25, -0.2) is 9.37 Å². The number of ether oxygens (including phenoxy) is 1. The van der Waals surface area contributed by atoms with Crippen molar-refractivity contribution in [3.8, 4) is 5.75 Å². The van der Waals surface area contributed by atoms with Gasteiger partial charge in [-0.3, -0.25) is 4.79 Å². The summed E-state index contributed by atoms with van der Waals surface area (Å²) in [6.45, 7) is 1.87. The van der Waals surface area contributed by atoms with Crippen molar-refractivity contribution in [3.05, 3.63) is 47.9 Å². The molecule has 0 atom stereocenters. The van der Waals surface area contributed by atoms with Gasteiger partial charge in [0.05, 0.1) is 12.2 Å². The van der Waals surface area contributed by atoms with E-state index in [0.29, 0.717) is 17.3 Å². The van der Waals surface area contributed by atoms with Gasteiger partial charge in [0.15, 0.2) is 12.5 Å². The summed E-state index contributed by atoms with van der Waals surface area (Å²) in [5.41, 5.74) is 0.646. The van der Waals surface area contributed by atoms with Gasteiger partial charge < -0.3 is 14.5 Å². The molecule has 100 valence electrons. The number of oxazole rings is 1. The first-order valence-corrected chi connectivity index (χ1v) is 5.69. The molecular weight excluding hydrogens is 251 g/mol. The lowest BCUT2D eigenvalue weighted by Gasteiger charge is -2.06. The summed E-state index contributed by atoms with van der Waals surface area (Å²) in [6.07, 6.45) is 1.48. The predicted octanol–water partition coefficient (Wildman–Crippen LogP) is 1.82. The van der Waals surface area contributed by atoms with E-state index in [1.807, 2.05) is 0 Å². The van der Waals surface area contributed by atoms with Gasteiger partial charge in [-0.2, -0.15) is 0 Å². The summed E-state index contributed by atoms with van der Waals surface area (Å²) in [5, 5.41) is 2.63. The van der Waals surface area contributed by atoms with Crippen LogP contribution in [0.4, 0.5) is 4.39 Å². The van der Waals surface area contributed by atoms with Crippen LogP contribution in [-0.2, 0) is 11.3 Å². The van der Waals surface area contributed by atoms with Gasteiger partial charge >= 0.3 is 0 Å². The van der Waals surface area contributed by atoms with Crippen LogP contribution in [0.1, 0.15) is 11.6 Å². The molecule has 1 amide bonds. The number of hydrogen-bond acceptors (Lipinski definition) is 4. The van der Waals surface area contributed by atoms with Crippen LogP contribution in [0.15, 0.2) is 34.9 Å². The van der Waals surface area contributed by atoms with E-state index in [1.165, 1.54) is 30.5 Å². The van der Waals surface area contributed by atoms with Gasteiger partial charge in [-0.15, -0.1) is 0 Å². The van der Waals surface area contributed by atoms with E-state index in [2.05, 4.69) is 10.3 Å². The Bertz CT molecular complexity index is 551. The summed E-state index contributed by atoms with van der Waals surface area (Å²) in [6, 6.07) is 5.46. The van der Waals surface area contributed by atoms with Gasteiger partial charge in [-0.05, 0) is 24.3 Å². The molecule has 1 aromatic carbocycles. The lowest BCUT2D eigenvalue weighted by atomic mass is 10.3. The Kier molecular flexibility index (Phi) is 4.12. The molecule has 2 rings (SSSR count). The molecule has 6 heteroatoms. The highest BCUT2D eigenvalue weighted by Gasteiger charge is 2.05. The van der Waals surface area contributed by atoms with Crippen molar-refractivity contribution in [2.24, 2.45) is 0 Å². The van der Waals surface area contributed by atoms with Gasteiger partial charge in [0.25, 0.3) is 5.91 Å². The lowest BCUT2D eigenvalue weighted by Crippen LogP contribution is -2.28.